The van der Waals surface area contributed by atoms with Crippen molar-refractivity contribution in [3.8, 4) is 0 Å². The molecule has 0 heterocycles. The van der Waals surface area contributed by atoms with E-state index in [4.69, 9.17) is 0 Å². The maximum absolute atomic E-state index is 12.4. The van der Waals surface area contributed by atoms with Crippen molar-refractivity contribution < 1.29 is 8.42 Å². The first-order chi connectivity index (χ1) is 9.04. The molecule has 0 radical (unpaired) electrons. The van der Waals surface area contributed by atoms with Crippen LogP contribution in [0.15, 0.2) is 30.3 Å². The van der Waals surface area contributed by atoms with Crippen molar-refractivity contribution in [2.45, 2.75) is 45.7 Å². The Morgan fingerprint density at radius 2 is 1.89 bits per heavy atom. The Bertz CT molecular complexity index is 494. The summed E-state index contributed by atoms with van der Waals surface area (Å²) in [6, 6.07) is 9.99. The van der Waals surface area contributed by atoms with Crippen LogP contribution >= 0.6 is 0 Å². The lowest BCUT2D eigenvalue weighted by Gasteiger charge is -2.28. The number of nitrogens with zero attached hydrogens (tertiary/aromatic N) is 1. The second-order valence-electron chi connectivity index (χ2n) is 5.42. The van der Waals surface area contributed by atoms with Crippen LogP contribution in [0.4, 0.5) is 0 Å². The molecule has 0 spiro atoms. The van der Waals surface area contributed by atoms with Gasteiger partial charge in [0.15, 0.2) is 0 Å². The molecule has 106 valence electrons. The Labute approximate surface area is 116 Å². The van der Waals surface area contributed by atoms with Crippen LogP contribution in [0.1, 0.15) is 38.7 Å². The van der Waals surface area contributed by atoms with Gasteiger partial charge in [0.1, 0.15) is 0 Å². The van der Waals surface area contributed by atoms with Crippen LogP contribution in [0.2, 0.25) is 0 Å². The molecule has 0 aliphatic heterocycles. The minimum absolute atomic E-state index is 0.122. The molecule has 19 heavy (non-hydrogen) atoms. The van der Waals surface area contributed by atoms with Crippen molar-refractivity contribution in [1.82, 2.24) is 4.31 Å². The van der Waals surface area contributed by atoms with Gasteiger partial charge < -0.3 is 0 Å². The van der Waals surface area contributed by atoms with E-state index in [0.29, 0.717) is 18.9 Å². The van der Waals surface area contributed by atoms with Gasteiger partial charge in [-0.15, -0.1) is 0 Å². The van der Waals surface area contributed by atoms with Gasteiger partial charge in [0.05, 0.1) is 5.75 Å². The second kappa shape index (κ2) is 6.06. The number of sulfonamides is 1. The molecule has 0 saturated heterocycles. The van der Waals surface area contributed by atoms with Gasteiger partial charge in [0.25, 0.3) is 0 Å². The molecule has 0 bridgehead atoms. The molecule has 0 amide bonds. The fraction of sp³-hybridized carbons (Fsp3) is 0.600. The van der Waals surface area contributed by atoms with Crippen LogP contribution in [0.3, 0.4) is 0 Å². The summed E-state index contributed by atoms with van der Waals surface area (Å²) >= 11 is 0. The number of hydrogen-bond acceptors (Lipinski definition) is 2. The maximum atomic E-state index is 12.4. The Hall–Kier alpha value is -0.870. The highest BCUT2D eigenvalue weighted by Gasteiger charge is 2.37. The fourth-order valence-corrected chi connectivity index (χ4v) is 4.22. The highest BCUT2D eigenvalue weighted by atomic mass is 32.2. The highest BCUT2D eigenvalue weighted by molar-refractivity contribution is 7.89. The van der Waals surface area contributed by atoms with Gasteiger partial charge in [0.2, 0.25) is 10.0 Å². The van der Waals surface area contributed by atoms with E-state index in [-0.39, 0.29) is 11.8 Å². The van der Waals surface area contributed by atoms with Gasteiger partial charge in [-0.05, 0) is 37.7 Å². The Morgan fingerprint density at radius 1 is 1.26 bits per heavy atom. The summed E-state index contributed by atoms with van der Waals surface area (Å²) in [6.45, 7) is 4.47. The molecule has 1 unspecified atom stereocenters. The topological polar surface area (TPSA) is 37.4 Å². The van der Waals surface area contributed by atoms with Crippen LogP contribution in [-0.2, 0) is 16.6 Å². The van der Waals surface area contributed by atoms with E-state index in [2.05, 4.69) is 0 Å². The molecule has 1 aromatic rings. The van der Waals surface area contributed by atoms with Crippen LogP contribution in [0.25, 0.3) is 0 Å². The van der Waals surface area contributed by atoms with E-state index in [1.807, 2.05) is 44.2 Å². The van der Waals surface area contributed by atoms with Crippen molar-refractivity contribution >= 4 is 10.0 Å². The van der Waals surface area contributed by atoms with E-state index in [1.54, 1.807) is 4.31 Å². The third-order valence-electron chi connectivity index (χ3n) is 3.76. The normalized spacial score (nSPS) is 17.6. The van der Waals surface area contributed by atoms with Crippen molar-refractivity contribution in [2.24, 2.45) is 5.92 Å². The zero-order chi connectivity index (χ0) is 13.9. The van der Waals surface area contributed by atoms with Crippen molar-refractivity contribution in [3.63, 3.8) is 0 Å². The molecule has 0 N–H and O–H groups in total. The van der Waals surface area contributed by atoms with Gasteiger partial charge in [0, 0.05) is 12.6 Å². The van der Waals surface area contributed by atoms with Gasteiger partial charge in [-0.1, -0.05) is 37.3 Å². The Kier molecular flexibility index (Phi) is 4.63. The standard InChI is InChI=1S/C15H23NO2S/c1-3-11-19(17,18)16(13(2)15-9-10-15)12-14-7-5-4-6-8-14/h4-8,13,15H,3,9-12H2,1-2H3. The summed E-state index contributed by atoms with van der Waals surface area (Å²) in [5.74, 6) is 0.798. The van der Waals surface area contributed by atoms with Gasteiger partial charge in [-0.2, -0.15) is 4.31 Å². The molecular weight excluding hydrogens is 258 g/mol. The van der Waals surface area contributed by atoms with Crippen LogP contribution in [0.5, 0.6) is 0 Å². The second-order valence-corrected chi connectivity index (χ2v) is 7.47. The predicted molar refractivity (Wildman–Crippen MR) is 78.2 cm³/mol. The first-order valence-corrected chi connectivity index (χ1v) is 8.69. The maximum Gasteiger partial charge on any atom is 0.214 e. The Morgan fingerprint density at radius 3 is 2.42 bits per heavy atom. The van der Waals surface area contributed by atoms with Crippen molar-refractivity contribution in [2.75, 3.05) is 5.75 Å². The molecule has 2 rings (SSSR count). The van der Waals surface area contributed by atoms with E-state index in [1.165, 1.54) is 0 Å². The average Bonchev–Trinajstić information content (AvgIpc) is 3.20. The molecule has 0 aromatic heterocycles. The highest BCUT2D eigenvalue weighted by Crippen LogP contribution is 2.36. The molecule has 1 aromatic carbocycles. The first kappa shape index (κ1) is 14.5. The van der Waals surface area contributed by atoms with Crippen LogP contribution < -0.4 is 0 Å². The monoisotopic (exact) mass is 281 g/mol. The SMILES string of the molecule is CCCS(=O)(=O)N(Cc1ccccc1)C(C)C1CC1. The molecule has 4 heteroatoms. The van der Waals surface area contributed by atoms with Crippen molar-refractivity contribution in [1.29, 1.82) is 0 Å². The molecule has 1 aliphatic rings. The van der Waals surface area contributed by atoms with Gasteiger partial charge in [-0.25, -0.2) is 8.42 Å². The van der Waals surface area contributed by atoms with Gasteiger partial charge in [-0.3, -0.25) is 0 Å². The van der Waals surface area contributed by atoms with Gasteiger partial charge >= 0.3 is 0 Å². The molecule has 1 fully saturated rings. The summed E-state index contributed by atoms with van der Waals surface area (Å²) in [4.78, 5) is 0. The van der Waals surface area contributed by atoms with E-state index in [9.17, 15) is 8.42 Å². The summed E-state index contributed by atoms with van der Waals surface area (Å²) in [6.07, 6.45) is 2.99. The molecular formula is C15H23NO2S. The zero-order valence-electron chi connectivity index (χ0n) is 11.7. The molecule has 1 atom stereocenters. The molecule has 1 saturated carbocycles. The predicted octanol–water partition coefficient (Wildman–Crippen LogP) is 3.03. The number of rotatable bonds is 7. The van der Waals surface area contributed by atoms with Crippen molar-refractivity contribution in [3.05, 3.63) is 35.9 Å². The summed E-state index contributed by atoms with van der Waals surface area (Å²) in [5, 5.41) is 0. The Balaban J connectivity index is 2.19. The van der Waals surface area contributed by atoms with E-state index < -0.39 is 10.0 Å². The number of hydrogen-bond donors (Lipinski definition) is 0. The largest absolute Gasteiger partial charge is 0.214 e. The van der Waals surface area contributed by atoms with Crippen LogP contribution in [0, 0.1) is 5.92 Å². The molecule has 3 nitrogen and oxygen atoms in total. The number of benzene rings is 1. The summed E-state index contributed by atoms with van der Waals surface area (Å²) < 4.78 is 26.6. The lowest BCUT2D eigenvalue weighted by Crippen LogP contribution is -2.40. The van der Waals surface area contributed by atoms with E-state index >= 15 is 0 Å². The minimum Gasteiger partial charge on any atom is -0.212 e. The molecule has 1 aliphatic carbocycles. The fourth-order valence-electron chi connectivity index (χ4n) is 2.45. The minimum atomic E-state index is -3.14. The summed E-state index contributed by atoms with van der Waals surface area (Å²) in [7, 11) is -3.14. The van der Waals surface area contributed by atoms with E-state index in [0.717, 1.165) is 18.4 Å². The average molecular weight is 281 g/mol. The third-order valence-corrected chi connectivity index (χ3v) is 5.86. The quantitative estimate of drug-likeness (QED) is 0.770. The third kappa shape index (κ3) is 3.80. The van der Waals surface area contributed by atoms with Crippen LogP contribution in [-0.4, -0.2) is 24.5 Å². The smallest absolute Gasteiger partial charge is 0.212 e. The first-order valence-electron chi connectivity index (χ1n) is 7.08. The zero-order valence-corrected chi connectivity index (χ0v) is 12.6. The summed E-state index contributed by atoms with van der Waals surface area (Å²) in [5.41, 5.74) is 1.06. The lowest BCUT2D eigenvalue weighted by atomic mass is 10.2. The lowest BCUT2D eigenvalue weighted by molar-refractivity contribution is 0.303.